The van der Waals surface area contributed by atoms with Crippen LogP contribution in [-0.4, -0.2) is 87.6 Å². The molecule has 2 fully saturated rings. The Bertz CT molecular complexity index is 990. The number of nitrogens with zero attached hydrogens (tertiary/aromatic N) is 5. The molecular weight excluding hydrogens is 398 g/mol. The third-order valence-corrected chi connectivity index (χ3v) is 6.26. The first-order chi connectivity index (χ1) is 14.9. The van der Waals surface area contributed by atoms with Crippen LogP contribution in [0, 0.1) is 0 Å². The zero-order valence-electron chi connectivity index (χ0n) is 18.2. The van der Waals surface area contributed by atoms with Crippen LogP contribution in [0.5, 0.6) is 0 Å². The summed E-state index contributed by atoms with van der Waals surface area (Å²) >= 11 is 0. The largest absolute Gasteiger partial charge is 0.333 e. The first-order valence-electron chi connectivity index (χ1n) is 11.0. The smallest absolute Gasteiger partial charge is 0.327 e. The number of fused-ring (bicyclic) bond motifs is 1. The summed E-state index contributed by atoms with van der Waals surface area (Å²) in [7, 11) is 3.50. The molecule has 4 rings (SSSR count). The highest BCUT2D eigenvalue weighted by molar-refractivity contribution is 5.76. The van der Waals surface area contributed by atoms with Gasteiger partial charge >= 0.3 is 17.8 Å². The number of piperidine rings is 1. The zero-order chi connectivity index (χ0) is 22.0. The maximum absolute atomic E-state index is 12.9. The highest BCUT2D eigenvalue weighted by Crippen LogP contribution is 2.24. The number of pyridine rings is 1. The van der Waals surface area contributed by atoms with E-state index in [0.29, 0.717) is 38.1 Å². The molecule has 0 bridgehead atoms. The van der Waals surface area contributed by atoms with Crippen LogP contribution in [0.2, 0.25) is 0 Å². The molecule has 10 heteroatoms. The van der Waals surface area contributed by atoms with Crippen LogP contribution >= 0.6 is 0 Å². The number of hydrogen-bond donors (Lipinski definition) is 2. The van der Waals surface area contributed by atoms with E-state index in [1.807, 2.05) is 21.9 Å². The van der Waals surface area contributed by atoms with E-state index in [9.17, 15) is 14.4 Å². The number of imidazole rings is 1. The number of hydrogen-bond acceptors (Lipinski definition) is 4. The summed E-state index contributed by atoms with van der Waals surface area (Å²) in [6.07, 6.45) is 5.90. The Morgan fingerprint density at radius 3 is 2.65 bits per heavy atom. The van der Waals surface area contributed by atoms with Crippen molar-refractivity contribution >= 4 is 23.2 Å². The highest BCUT2D eigenvalue weighted by Gasteiger charge is 2.29. The molecule has 2 aliphatic heterocycles. The quantitative estimate of drug-likeness (QED) is 0.756. The van der Waals surface area contributed by atoms with E-state index in [2.05, 4.69) is 15.3 Å². The van der Waals surface area contributed by atoms with Crippen molar-refractivity contribution in [1.82, 2.24) is 34.6 Å². The lowest BCUT2D eigenvalue weighted by molar-refractivity contribution is 0.157. The number of rotatable bonds is 2. The molecule has 0 radical (unpaired) electrons. The Balaban J connectivity index is 1.35. The van der Waals surface area contributed by atoms with Gasteiger partial charge in [0.15, 0.2) is 5.65 Å². The maximum atomic E-state index is 12.9. The van der Waals surface area contributed by atoms with Crippen LogP contribution in [0.15, 0.2) is 23.1 Å². The van der Waals surface area contributed by atoms with E-state index in [1.165, 1.54) is 0 Å². The van der Waals surface area contributed by atoms with E-state index in [-0.39, 0.29) is 29.8 Å². The molecule has 168 valence electrons. The molecule has 0 aromatic carbocycles. The number of carbonyl (C=O) groups is 2. The lowest BCUT2D eigenvalue weighted by Crippen LogP contribution is -2.52. The van der Waals surface area contributed by atoms with Gasteiger partial charge in [-0.05, 0) is 44.2 Å². The highest BCUT2D eigenvalue weighted by atomic mass is 16.2. The second-order valence-corrected chi connectivity index (χ2v) is 8.65. The summed E-state index contributed by atoms with van der Waals surface area (Å²) < 4.78 is 1.77. The van der Waals surface area contributed by atoms with Gasteiger partial charge in [-0.3, -0.25) is 9.55 Å². The third-order valence-electron chi connectivity index (χ3n) is 6.26. The second kappa shape index (κ2) is 8.99. The summed E-state index contributed by atoms with van der Waals surface area (Å²) in [5, 5.41) is 3.13. The Morgan fingerprint density at radius 2 is 1.90 bits per heavy atom. The third kappa shape index (κ3) is 4.52. The lowest BCUT2D eigenvalue weighted by Gasteiger charge is -2.34. The van der Waals surface area contributed by atoms with Gasteiger partial charge in [-0.1, -0.05) is 0 Å². The number of carbonyl (C=O) groups excluding carboxylic acids is 2. The lowest BCUT2D eigenvalue weighted by atomic mass is 10.0. The molecule has 2 aromatic rings. The van der Waals surface area contributed by atoms with Gasteiger partial charge in [0.2, 0.25) is 0 Å². The van der Waals surface area contributed by atoms with E-state index < -0.39 is 0 Å². The first-order valence-corrected chi connectivity index (χ1v) is 11.0. The monoisotopic (exact) mass is 429 g/mol. The summed E-state index contributed by atoms with van der Waals surface area (Å²) in [5.74, 6) is 0. The van der Waals surface area contributed by atoms with E-state index >= 15 is 0 Å². The number of H-pyrrole nitrogens is 1. The summed E-state index contributed by atoms with van der Waals surface area (Å²) in [4.78, 5) is 49.9. The van der Waals surface area contributed by atoms with Crippen molar-refractivity contribution in [3.8, 4) is 0 Å². The molecule has 2 saturated heterocycles. The van der Waals surface area contributed by atoms with Crippen molar-refractivity contribution in [3.63, 3.8) is 0 Å². The minimum atomic E-state index is -0.152. The van der Waals surface area contributed by atoms with Gasteiger partial charge in [-0.25, -0.2) is 19.4 Å². The predicted octanol–water partition coefficient (Wildman–Crippen LogP) is 1.61. The molecule has 2 aromatic heterocycles. The van der Waals surface area contributed by atoms with Crippen molar-refractivity contribution in [2.24, 2.45) is 0 Å². The van der Waals surface area contributed by atoms with Crippen molar-refractivity contribution in [1.29, 1.82) is 0 Å². The number of aromatic nitrogens is 3. The number of amides is 4. The number of urea groups is 2. The van der Waals surface area contributed by atoms with Crippen molar-refractivity contribution in [2.75, 3.05) is 40.3 Å². The molecule has 0 saturated carbocycles. The fourth-order valence-corrected chi connectivity index (χ4v) is 4.63. The zero-order valence-corrected chi connectivity index (χ0v) is 18.2. The van der Waals surface area contributed by atoms with Gasteiger partial charge in [0.25, 0.3) is 0 Å². The van der Waals surface area contributed by atoms with Gasteiger partial charge in [0.1, 0.15) is 0 Å². The van der Waals surface area contributed by atoms with Gasteiger partial charge in [0.05, 0.1) is 5.52 Å². The van der Waals surface area contributed by atoms with Gasteiger partial charge in [-0.2, -0.15) is 0 Å². The van der Waals surface area contributed by atoms with E-state index in [1.54, 1.807) is 29.8 Å². The average molecular weight is 430 g/mol. The Morgan fingerprint density at radius 1 is 1.13 bits per heavy atom. The molecule has 0 spiro atoms. The number of aromatic amines is 1. The molecule has 4 amide bonds. The van der Waals surface area contributed by atoms with Crippen LogP contribution < -0.4 is 11.0 Å². The molecule has 1 atom stereocenters. The normalized spacial score (nSPS) is 20.5. The molecule has 2 aliphatic rings. The van der Waals surface area contributed by atoms with Gasteiger partial charge in [-0.15, -0.1) is 0 Å². The molecule has 10 nitrogen and oxygen atoms in total. The first kappa shape index (κ1) is 21.2. The average Bonchev–Trinajstić information content (AvgIpc) is 2.92. The topological polar surface area (TPSA) is 107 Å². The predicted molar refractivity (Wildman–Crippen MR) is 117 cm³/mol. The van der Waals surface area contributed by atoms with Gasteiger partial charge in [0, 0.05) is 58.6 Å². The minimum absolute atomic E-state index is 0.0133. The summed E-state index contributed by atoms with van der Waals surface area (Å²) in [6, 6.07) is 3.62. The van der Waals surface area contributed by atoms with Crippen LogP contribution in [0.25, 0.3) is 11.2 Å². The van der Waals surface area contributed by atoms with Crippen LogP contribution in [0.3, 0.4) is 0 Å². The minimum Gasteiger partial charge on any atom is -0.333 e. The standard InChI is InChI=1S/C21H31N7O3/c1-25(2)21(31)27-11-4-3-6-15(14-27)23-19(29)26-12-8-16(9-13-26)28-17-7-5-10-22-18(17)24-20(28)30/h5,7,10,15-16H,3-4,6,8-9,11-14H2,1-2H3,(H,23,29)(H,22,24,30). The van der Waals surface area contributed by atoms with Crippen molar-refractivity contribution in [2.45, 2.75) is 44.2 Å². The van der Waals surface area contributed by atoms with Crippen molar-refractivity contribution < 1.29 is 9.59 Å². The summed E-state index contributed by atoms with van der Waals surface area (Å²) in [6.45, 7) is 2.44. The van der Waals surface area contributed by atoms with Crippen molar-refractivity contribution in [3.05, 3.63) is 28.8 Å². The van der Waals surface area contributed by atoms with Crippen LogP contribution in [0.4, 0.5) is 9.59 Å². The van der Waals surface area contributed by atoms with Gasteiger partial charge < -0.3 is 20.0 Å². The second-order valence-electron chi connectivity index (χ2n) is 8.65. The molecule has 4 heterocycles. The Kier molecular flexibility index (Phi) is 6.15. The molecule has 1 unspecified atom stereocenters. The summed E-state index contributed by atoms with van der Waals surface area (Å²) in [5.41, 5.74) is 1.25. The molecule has 0 aliphatic carbocycles. The fourth-order valence-electron chi connectivity index (χ4n) is 4.63. The van der Waals surface area contributed by atoms with E-state index in [0.717, 1.165) is 31.3 Å². The molecule has 31 heavy (non-hydrogen) atoms. The molecule has 2 N–H and O–H groups in total. The number of nitrogens with one attached hydrogen (secondary N) is 2. The van der Waals surface area contributed by atoms with Crippen LogP contribution in [-0.2, 0) is 0 Å². The maximum Gasteiger partial charge on any atom is 0.327 e. The Labute approximate surface area is 181 Å². The number of likely N-dealkylation sites (tertiary alicyclic amines) is 2. The Hall–Kier alpha value is -3.04. The van der Waals surface area contributed by atoms with E-state index in [4.69, 9.17) is 0 Å². The fraction of sp³-hybridized carbons (Fsp3) is 0.619. The van der Waals surface area contributed by atoms with Crippen LogP contribution in [0.1, 0.15) is 38.1 Å². The molecular formula is C21H31N7O3. The SMILES string of the molecule is CN(C)C(=O)N1CCCCC(NC(=O)N2CCC(n3c(=O)[nH]c4ncccc43)CC2)C1.